The lowest BCUT2D eigenvalue weighted by atomic mass is 10.2. The minimum atomic E-state index is -3.63. The molecule has 1 heterocycles. The number of esters is 1. The van der Waals surface area contributed by atoms with Crippen molar-refractivity contribution in [3.8, 4) is 0 Å². The Morgan fingerprint density at radius 2 is 1.90 bits per heavy atom. The van der Waals surface area contributed by atoms with E-state index in [1.165, 1.54) is 4.31 Å². The molecule has 1 aromatic carbocycles. The van der Waals surface area contributed by atoms with Gasteiger partial charge in [-0.1, -0.05) is 18.6 Å². The van der Waals surface area contributed by atoms with E-state index in [-0.39, 0.29) is 17.9 Å². The smallest absolute Gasteiger partial charge is 0.340 e. The van der Waals surface area contributed by atoms with Crippen LogP contribution in [0.15, 0.2) is 24.3 Å². The summed E-state index contributed by atoms with van der Waals surface area (Å²) in [4.78, 5) is 11.9. The van der Waals surface area contributed by atoms with Gasteiger partial charge in [0.2, 0.25) is 0 Å². The van der Waals surface area contributed by atoms with Crippen LogP contribution in [0.5, 0.6) is 0 Å². The molecule has 1 aliphatic rings. The van der Waals surface area contributed by atoms with Crippen molar-refractivity contribution in [2.75, 3.05) is 24.4 Å². The molecule has 6 nitrogen and oxygen atoms in total. The molecule has 2 rings (SSSR count). The number of nitrogens with zero attached hydrogens (tertiary/aromatic N) is 1. The van der Waals surface area contributed by atoms with Gasteiger partial charge in [0.1, 0.15) is 0 Å². The Kier molecular flexibility index (Phi) is 5.19. The third-order valence-corrected chi connectivity index (χ3v) is 4.84. The van der Waals surface area contributed by atoms with Crippen LogP contribution >= 0.6 is 0 Å². The second kappa shape index (κ2) is 6.91. The number of rotatable bonds is 5. The van der Waals surface area contributed by atoms with E-state index in [1.807, 2.05) is 0 Å². The van der Waals surface area contributed by atoms with Crippen molar-refractivity contribution in [1.29, 1.82) is 0 Å². The summed E-state index contributed by atoms with van der Waals surface area (Å²) in [6.45, 7) is 2.97. The van der Waals surface area contributed by atoms with E-state index < -0.39 is 16.2 Å². The quantitative estimate of drug-likeness (QED) is 0.844. The standard InChI is InChI=1S/C14H20N2O4S/c1-2-20-14(17)12-8-4-5-9-13(12)15-21(18,19)16-10-6-3-7-11-16/h4-5,8-9,15H,2-3,6-7,10-11H2,1H3. The van der Waals surface area contributed by atoms with E-state index >= 15 is 0 Å². The number of hydrogen-bond acceptors (Lipinski definition) is 4. The number of hydrogen-bond donors (Lipinski definition) is 1. The summed E-state index contributed by atoms with van der Waals surface area (Å²) in [5.41, 5.74) is 0.474. The Bertz CT molecular complexity index is 595. The van der Waals surface area contributed by atoms with Gasteiger partial charge in [0.05, 0.1) is 17.9 Å². The average Bonchev–Trinajstić information content (AvgIpc) is 2.48. The van der Waals surface area contributed by atoms with Crippen LogP contribution in [0, 0.1) is 0 Å². The lowest BCUT2D eigenvalue weighted by molar-refractivity contribution is 0.0527. The van der Waals surface area contributed by atoms with Gasteiger partial charge in [-0.2, -0.15) is 12.7 Å². The van der Waals surface area contributed by atoms with Gasteiger partial charge in [-0.3, -0.25) is 4.72 Å². The highest BCUT2D eigenvalue weighted by Gasteiger charge is 2.25. The molecule has 0 amide bonds. The molecule has 116 valence electrons. The highest BCUT2D eigenvalue weighted by Crippen LogP contribution is 2.20. The summed E-state index contributed by atoms with van der Waals surface area (Å²) in [5.74, 6) is -0.533. The Morgan fingerprint density at radius 3 is 2.57 bits per heavy atom. The second-order valence-corrected chi connectivity index (χ2v) is 6.50. The zero-order chi connectivity index (χ0) is 15.3. The fourth-order valence-corrected chi connectivity index (χ4v) is 3.59. The van der Waals surface area contributed by atoms with E-state index in [4.69, 9.17) is 4.74 Å². The van der Waals surface area contributed by atoms with Gasteiger partial charge in [0.15, 0.2) is 0 Å². The number of nitrogens with one attached hydrogen (secondary N) is 1. The molecule has 1 aliphatic heterocycles. The zero-order valence-corrected chi connectivity index (χ0v) is 12.9. The van der Waals surface area contributed by atoms with E-state index in [2.05, 4.69) is 4.72 Å². The van der Waals surface area contributed by atoms with Crippen molar-refractivity contribution in [3.05, 3.63) is 29.8 Å². The van der Waals surface area contributed by atoms with E-state index in [0.717, 1.165) is 19.3 Å². The van der Waals surface area contributed by atoms with Gasteiger partial charge >= 0.3 is 16.2 Å². The molecule has 0 radical (unpaired) electrons. The Morgan fingerprint density at radius 1 is 1.24 bits per heavy atom. The summed E-state index contributed by atoms with van der Waals surface area (Å²) >= 11 is 0. The third-order valence-electron chi connectivity index (χ3n) is 3.32. The number of anilines is 1. The first kappa shape index (κ1) is 15.8. The molecule has 1 saturated heterocycles. The molecule has 1 fully saturated rings. The molecule has 0 atom stereocenters. The van der Waals surface area contributed by atoms with Gasteiger partial charge < -0.3 is 4.74 Å². The van der Waals surface area contributed by atoms with E-state index in [1.54, 1.807) is 31.2 Å². The average molecular weight is 312 g/mol. The van der Waals surface area contributed by atoms with Crippen LogP contribution in [-0.2, 0) is 14.9 Å². The second-order valence-electron chi connectivity index (χ2n) is 4.83. The minimum absolute atomic E-state index is 0.222. The molecule has 0 spiro atoms. The first-order valence-electron chi connectivity index (χ1n) is 7.08. The summed E-state index contributed by atoms with van der Waals surface area (Å²) in [7, 11) is -3.63. The molecule has 0 bridgehead atoms. The van der Waals surface area contributed by atoms with E-state index in [0.29, 0.717) is 13.1 Å². The first-order valence-corrected chi connectivity index (χ1v) is 8.52. The molecule has 0 unspecified atom stereocenters. The predicted octanol–water partition coefficient (Wildman–Crippen LogP) is 2.01. The van der Waals surface area contributed by atoms with E-state index in [9.17, 15) is 13.2 Å². The van der Waals surface area contributed by atoms with Crippen molar-refractivity contribution in [3.63, 3.8) is 0 Å². The van der Waals surface area contributed by atoms with Gasteiger partial charge in [0, 0.05) is 13.1 Å². The zero-order valence-electron chi connectivity index (χ0n) is 12.0. The highest BCUT2D eigenvalue weighted by molar-refractivity contribution is 7.90. The summed E-state index contributed by atoms with van der Waals surface area (Å²) in [6.07, 6.45) is 2.77. The monoisotopic (exact) mass is 312 g/mol. The lowest BCUT2D eigenvalue weighted by Crippen LogP contribution is -2.39. The maximum Gasteiger partial charge on any atom is 0.340 e. The summed E-state index contributed by atoms with van der Waals surface area (Å²) < 4.78 is 33.6. The van der Waals surface area contributed by atoms with Gasteiger partial charge in [0.25, 0.3) is 0 Å². The largest absolute Gasteiger partial charge is 0.462 e. The van der Waals surface area contributed by atoms with Crippen LogP contribution in [0.2, 0.25) is 0 Å². The summed E-state index contributed by atoms with van der Waals surface area (Å²) in [6, 6.07) is 6.46. The number of benzene rings is 1. The van der Waals surface area contributed by atoms with Gasteiger partial charge in [-0.25, -0.2) is 4.79 Å². The van der Waals surface area contributed by atoms with Gasteiger partial charge in [-0.05, 0) is 31.9 Å². The molecule has 0 saturated carbocycles. The Balaban J connectivity index is 2.20. The van der Waals surface area contributed by atoms with Crippen molar-refractivity contribution in [2.24, 2.45) is 0 Å². The predicted molar refractivity (Wildman–Crippen MR) is 80.4 cm³/mol. The topological polar surface area (TPSA) is 75.7 Å². The molecule has 0 aromatic heterocycles. The molecule has 1 N–H and O–H groups in total. The highest BCUT2D eigenvalue weighted by atomic mass is 32.2. The van der Waals surface area contributed by atoms with Crippen LogP contribution in [0.1, 0.15) is 36.5 Å². The maximum absolute atomic E-state index is 12.4. The van der Waals surface area contributed by atoms with Crippen LogP contribution < -0.4 is 4.72 Å². The lowest BCUT2D eigenvalue weighted by Gasteiger charge is -2.26. The van der Waals surface area contributed by atoms with Crippen LogP contribution in [0.25, 0.3) is 0 Å². The summed E-state index contributed by atoms with van der Waals surface area (Å²) in [5, 5.41) is 0. The Labute approximate surface area is 125 Å². The van der Waals surface area contributed by atoms with Gasteiger partial charge in [-0.15, -0.1) is 0 Å². The molecule has 0 aliphatic carbocycles. The SMILES string of the molecule is CCOC(=O)c1ccccc1NS(=O)(=O)N1CCCCC1. The van der Waals surface area contributed by atoms with Crippen LogP contribution in [0.3, 0.4) is 0 Å². The van der Waals surface area contributed by atoms with Crippen molar-refractivity contribution in [1.82, 2.24) is 4.31 Å². The normalized spacial score (nSPS) is 16.4. The molecule has 1 aromatic rings. The van der Waals surface area contributed by atoms with Crippen molar-refractivity contribution in [2.45, 2.75) is 26.2 Å². The molecular weight excluding hydrogens is 292 g/mol. The van der Waals surface area contributed by atoms with Crippen LogP contribution in [0.4, 0.5) is 5.69 Å². The number of piperidine rings is 1. The Hall–Kier alpha value is -1.60. The number of para-hydroxylation sites is 1. The fourth-order valence-electron chi connectivity index (χ4n) is 2.27. The first-order chi connectivity index (χ1) is 10.0. The molecular formula is C14H20N2O4S. The van der Waals surface area contributed by atoms with Crippen LogP contribution in [-0.4, -0.2) is 38.4 Å². The number of carbonyl (C=O) groups is 1. The molecule has 7 heteroatoms. The minimum Gasteiger partial charge on any atom is -0.462 e. The number of ether oxygens (including phenoxy) is 1. The third kappa shape index (κ3) is 3.95. The fraction of sp³-hybridized carbons (Fsp3) is 0.500. The van der Waals surface area contributed by atoms with Crippen molar-refractivity contribution < 1.29 is 17.9 Å². The number of carbonyl (C=O) groups excluding carboxylic acids is 1. The van der Waals surface area contributed by atoms with Crippen molar-refractivity contribution >= 4 is 21.9 Å². The maximum atomic E-state index is 12.4. The molecule has 21 heavy (non-hydrogen) atoms.